The third-order valence-electron chi connectivity index (χ3n) is 2.62. The summed E-state index contributed by atoms with van der Waals surface area (Å²) in [5.41, 5.74) is 2.36. The lowest BCUT2D eigenvalue weighted by Gasteiger charge is -2.04. The van der Waals surface area contributed by atoms with E-state index in [9.17, 15) is 9.18 Å². The molecule has 2 aromatic rings. The second-order valence-electron chi connectivity index (χ2n) is 4.02. The van der Waals surface area contributed by atoms with Crippen molar-refractivity contribution in [3.8, 4) is 5.75 Å². The summed E-state index contributed by atoms with van der Waals surface area (Å²) in [5.74, 6) is 5.37. The maximum atomic E-state index is 13.0. The second-order valence-corrected chi connectivity index (χ2v) is 4.43. The minimum absolute atomic E-state index is 0.0266. The number of aryl methyl sites for hydroxylation is 1. The van der Waals surface area contributed by atoms with Crippen molar-refractivity contribution in [2.75, 3.05) is 0 Å². The van der Waals surface area contributed by atoms with E-state index in [2.05, 4.69) is 0 Å². The molecule has 0 saturated carbocycles. The molecule has 0 unspecified atom stereocenters. The maximum Gasteiger partial charge on any atom is 0.268 e. The van der Waals surface area contributed by atoms with Crippen molar-refractivity contribution in [3.63, 3.8) is 0 Å². The van der Waals surface area contributed by atoms with Crippen LogP contribution >= 0.6 is 11.6 Å². The van der Waals surface area contributed by atoms with E-state index in [1.165, 1.54) is 24.3 Å². The number of amides is 1. The minimum atomic E-state index is -0.519. The number of hydrogen-bond acceptors (Lipinski definition) is 4. The fourth-order valence-corrected chi connectivity index (χ4v) is 1.81. The number of halogens is 2. The van der Waals surface area contributed by atoms with Gasteiger partial charge >= 0.3 is 0 Å². The van der Waals surface area contributed by atoms with Crippen LogP contribution in [0.25, 0.3) is 0 Å². The zero-order valence-corrected chi connectivity index (χ0v) is 11.3. The molecule has 0 fully saturated rings. The molecule has 106 valence electrons. The number of hydrazine groups is 1. The molecule has 7 heteroatoms. The molecule has 0 spiro atoms. The number of rotatable bonds is 4. The highest BCUT2D eigenvalue weighted by atomic mass is 35.5. The average molecular weight is 299 g/mol. The Hall–Kier alpha value is -2.05. The van der Waals surface area contributed by atoms with Gasteiger partial charge in [0.15, 0.2) is 0 Å². The lowest BCUT2D eigenvalue weighted by molar-refractivity contribution is 0.0952. The molecule has 0 bridgehead atoms. The van der Waals surface area contributed by atoms with Gasteiger partial charge in [-0.1, -0.05) is 11.6 Å². The van der Waals surface area contributed by atoms with Gasteiger partial charge in [0.1, 0.15) is 29.7 Å². The van der Waals surface area contributed by atoms with Crippen LogP contribution in [0.5, 0.6) is 5.75 Å². The van der Waals surface area contributed by atoms with Gasteiger partial charge in [-0.2, -0.15) is 0 Å². The van der Waals surface area contributed by atoms with Crippen LogP contribution in [0.15, 0.2) is 28.7 Å². The first-order chi connectivity index (χ1) is 9.51. The third-order valence-corrected chi connectivity index (χ3v) is 2.91. The normalized spacial score (nSPS) is 10.4. The highest BCUT2D eigenvalue weighted by Gasteiger charge is 2.14. The Kier molecular flexibility index (Phi) is 4.26. The Morgan fingerprint density at radius 1 is 1.50 bits per heavy atom. The molecule has 0 aliphatic heterocycles. The molecule has 0 saturated heterocycles. The molecular weight excluding hydrogens is 287 g/mol. The highest BCUT2D eigenvalue weighted by molar-refractivity contribution is 6.30. The molecule has 1 aromatic heterocycles. The Balaban J connectivity index is 2.07. The summed E-state index contributed by atoms with van der Waals surface area (Å²) in [6.45, 7) is 1.73. The summed E-state index contributed by atoms with van der Waals surface area (Å²) in [5, 5.41) is -0.0266. The van der Waals surface area contributed by atoms with Gasteiger partial charge in [-0.25, -0.2) is 10.2 Å². The summed E-state index contributed by atoms with van der Waals surface area (Å²) in [7, 11) is 0. The van der Waals surface area contributed by atoms with E-state index in [0.717, 1.165) is 0 Å². The number of carbonyl (C=O) groups is 1. The van der Waals surface area contributed by atoms with E-state index >= 15 is 0 Å². The lowest BCUT2D eigenvalue weighted by Crippen LogP contribution is -2.30. The molecule has 20 heavy (non-hydrogen) atoms. The SMILES string of the molecule is Cc1oc(COc2ccc(F)c(Cl)c2)cc1C(=O)NN. The molecule has 0 aliphatic rings. The minimum Gasteiger partial charge on any atom is -0.486 e. The smallest absolute Gasteiger partial charge is 0.268 e. The predicted octanol–water partition coefficient (Wildman–Crippen LogP) is 2.56. The van der Waals surface area contributed by atoms with Gasteiger partial charge in [0.05, 0.1) is 10.6 Å². The second kappa shape index (κ2) is 5.94. The average Bonchev–Trinajstić information content (AvgIpc) is 2.80. The van der Waals surface area contributed by atoms with E-state index in [1.807, 2.05) is 5.43 Å². The first-order valence-corrected chi connectivity index (χ1v) is 6.07. The standard InChI is InChI=1S/C13H12ClFN2O3/c1-7-10(13(18)17-16)4-9(20-7)6-19-8-2-3-12(15)11(14)5-8/h2-5H,6,16H2,1H3,(H,17,18). The van der Waals surface area contributed by atoms with Crippen molar-refractivity contribution >= 4 is 17.5 Å². The van der Waals surface area contributed by atoms with Gasteiger partial charge in [0.2, 0.25) is 0 Å². The van der Waals surface area contributed by atoms with Gasteiger partial charge in [0, 0.05) is 6.07 Å². The number of carbonyl (C=O) groups excluding carboxylic acids is 1. The molecule has 5 nitrogen and oxygen atoms in total. The van der Waals surface area contributed by atoms with Gasteiger partial charge in [-0.3, -0.25) is 10.2 Å². The van der Waals surface area contributed by atoms with Crippen LogP contribution in [0.4, 0.5) is 4.39 Å². The number of nitrogens with two attached hydrogens (primary N) is 1. The van der Waals surface area contributed by atoms with Crippen molar-refractivity contribution in [1.29, 1.82) is 0 Å². The number of nitrogens with one attached hydrogen (secondary N) is 1. The first kappa shape index (κ1) is 14.4. The molecule has 1 heterocycles. The van der Waals surface area contributed by atoms with Gasteiger partial charge in [-0.15, -0.1) is 0 Å². The summed E-state index contributed by atoms with van der Waals surface area (Å²) in [6.07, 6.45) is 0. The van der Waals surface area contributed by atoms with Gasteiger partial charge in [0.25, 0.3) is 5.91 Å². The van der Waals surface area contributed by atoms with E-state index < -0.39 is 11.7 Å². The van der Waals surface area contributed by atoms with Crippen LogP contribution in [0.2, 0.25) is 5.02 Å². The molecule has 0 aliphatic carbocycles. The Labute approximate surface area is 119 Å². The number of nitrogen functional groups attached to an aromatic ring is 1. The van der Waals surface area contributed by atoms with Crippen molar-refractivity contribution in [2.24, 2.45) is 5.84 Å². The highest BCUT2D eigenvalue weighted by Crippen LogP contribution is 2.22. The zero-order chi connectivity index (χ0) is 14.7. The largest absolute Gasteiger partial charge is 0.486 e. The quantitative estimate of drug-likeness (QED) is 0.516. The molecule has 1 amide bonds. The molecule has 2 rings (SSSR count). The lowest BCUT2D eigenvalue weighted by atomic mass is 10.2. The Morgan fingerprint density at radius 3 is 2.90 bits per heavy atom. The van der Waals surface area contributed by atoms with Crippen molar-refractivity contribution < 1.29 is 18.3 Å². The van der Waals surface area contributed by atoms with Gasteiger partial charge < -0.3 is 9.15 Å². The third kappa shape index (κ3) is 3.09. The first-order valence-electron chi connectivity index (χ1n) is 5.69. The van der Waals surface area contributed by atoms with E-state index in [4.69, 9.17) is 26.6 Å². The van der Waals surface area contributed by atoms with Crippen molar-refractivity contribution in [3.05, 3.63) is 52.2 Å². The maximum absolute atomic E-state index is 13.0. The molecule has 0 radical (unpaired) electrons. The monoisotopic (exact) mass is 298 g/mol. The molecule has 0 atom stereocenters. The van der Waals surface area contributed by atoms with Crippen LogP contribution < -0.4 is 16.0 Å². The van der Waals surface area contributed by atoms with Crippen LogP contribution in [0, 0.1) is 12.7 Å². The molecular formula is C13H12ClFN2O3. The summed E-state index contributed by atoms with van der Waals surface area (Å²) >= 11 is 5.64. The fourth-order valence-electron chi connectivity index (χ4n) is 1.64. The van der Waals surface area contributed by atoms with E-state index in [0.29, 0.717) is 22.8 Å². The van der Waals surface area contributed by atoms with Crippen LogP contribution in [0.1, 0.15) is 21.9 Å². The molecule has 3 N–H and O–H groups in total. The molecule has 1 aromatic carbocycles. The summed E-state index contributed by atoms with van der Waals surface area (Å²) < 4.78 is 23.8. The predicted molar refractivity (Wildman–Crippen MR) is 70.8 cm³/mol. The number of hydrogen-bond donors (Lipinski definition) is 2. The Bertz CT molecular complexity index is 643. The number of benzene rings is 1. The van der Waals surface area contributed by atoms with Crippen LogP contribution in [-0.4, -0.2) is 5.91 Å². The van der Waals surface area contributed by atoms with E-state index in [1.54, 1.807) is 6.92 Å². The van der Waals surface area contributed by atoms with E-state index in [-0.39, 0.29) is 11.6 Å². The van der Waals surface area contributed by atoms with Crippen molar-refractivity contribution in [1.82, 2.24) is 5.43 Å². The zero-order valence-electron chi connectivity index (χ0n) is 10.6. The number of ether oxygens (including phenoxy) is 1. The van der Waals surface area contributed by atoms with Crippen LogP contribution in [0.3, 0.4) is 0 Å². The van der Waals surface area contributed by atoms with Crippen molar-refractivity contribution in [2.45, 2.75) is 13.5 Å². The topological polar surface area (TPSA) is 77.5 Å². The van der Waals surface area contributed by atoms with Crippen LogP contribution in [-0.2, 0) is 6.61 Å². The Morgan fingerprint density at radius 2 is 2.25 bits per heavy atom. The summed E-state index contributed by atoms with van der Waals surface area (Å²) in [6, 6.07) is 5.55. The summed E-state index contributed by atoms with van der Waals surface area (Å²) in [4.78, 5) is 11.4. The number of furan rings is 1. The van der Waals surface area contributed by atoms with Gasteiger partial charge in [-0.05, 0) is 25.1 Å². The fraction of sp³-hybridized carbons (Fsp3) is 0.154.